The van der Waals surface area contributed by atoms with Gasteiger partial charge in [-0.3, -0.25) is 0 Å². The van der Waals surface area contributed by atoms with Gasteiger partial charge in [0.25, 0.3) is 0 Å². The van der Waals surface area contributed by atoms with Crippen LogP contribution in [0.2, 0.25) is 0 Å². The second-order valence-corrected chi connectivity index (χ2v) is 6.90. The van der Waals surface area contributed by atoms with Crippen molar-refractivity contribution in [2.45, 2.75) is 56.4 Å². The van der Waals surface area contributed by atoms with Gasteiger partial charge in [-0.25, -0.2) is 4.39 Å². The quantitative estimate of drug-likeness (QED) is 0.687. The van der Waals surface area contributed by atoms with Crippen LogP contribution in [0.3, 0.4) is 0 Å². The van der Waals surface area contributed by atoms with E-state index in [9.17, 15) is 4.39 Å². The Kier molecular flexibility index (Phi) is 6.88. The van der Waals surface area contributed by atoms with Gasteiger partial charge in [-0.2, -0.15) is 0 Å². The maximum Gasteiger partial charge on any atom is 0.123 e. The van der Waals surface area contributed by atoms with Crippen molar-refractivity contribution < 1.29 is 4.39 Å². The van der Waals surface area contributed by atoms with E-state index in [-0.39, 0.29) is 5.82 Å². The Hall–Kier alpha value is -0.540. The third kappa shape index (κ3) is 5.45. The SMILES string of the molecule is CCCNC(CSc1ccc(F)cc1)CC1CCCC1. The van der Waals surface area contributed by atoms with Crippen molar-refractivity contribution in [1.82, 2.24) is 5.32 Å². The van der Waals surface area contributed by atoms with Crippen molar-refractivity contribution >= 4 is 11.8 Å². The van der Waals surface area contributed by atoms with E-state index in [0.717, 1.165) is 18.2 Å². The van der Waals surface area contributed by atoms with E-state index >= 15 is 0 Å². The van der Waals surface area contributed by atoms with Gasteiger partial charge in [0, 0.05) is 16.7 Å². The van der Waals surface area contributed by atoms with E-state index in [4.69, 9.17) is 0 Å². The molecule has 1 atom stereocenters. The normalized spacial score (nSPS) is 17.5. The van der Waals surface area contributed by atoms with Crippen LogP contribution in [0, 0.1) is 11.7 Å². The van der Waals surface area contributed by atoms with Gasteiger partial charge in [-0.05, 0) is 49.6 Å². The van der Waals surface area contributed by atoms with E-state index < -0.39 is 0 Å². The van der Waals surface area contributed by atoms with E-state index in [1.165, 1.54) is 43.4 Å². The molecule has 1 aromatic carbocycles. The molecule has 1 aliphatic rings. The van der Waals surface area contributed by atoms with Gasteiger partial charge in [0.05, 0.1) is 0 Å². The van der Waals surface area contributed by atoms with Gasteiger partial charge in [0.1, 0.15) is 5.82 Å². The smallest absolute Gasteiger partial charge is 0.123 e. The molecular formula is C17H26FNS. The minimum absolute atomic E-state index is 0.152. The van der Waals surface area contributed by atoms with Gasteiger partial charge in [0.2, 0.25) is 0 Å². The number of benzene rings is 1. The summed E-state index contributed by atoms with van der Waals surface area (Å²) in [6, 6.07) is 7.45. The molecule has 3 heteroatoms. The lowest BCUT2D eigenvalue weighted by Crippen LogP contribution is -2.33. The van der Waals surface area contributed by atoms with Crippen LogP contribution in [0.25, 0.3) is 0 Å². The van der Waals surface area contributed by atoms with Crippen molar-refractivity contribution in [3.63, 3.8) is 0 Å². The fourth-order valence-electron chi connectivity index (χ4n) is 2.93. The fourth-order valence-corrected chi connectivity index (χ4v) is 3.91. The number of hydrogen-bond donors (Lipinski definition) is 1. The van der Waals surface area contributed by atoms with Crippen LogP contribution < -0.4 is 5.32 Å². The summed E-state index contributed by atoms with van der Waals surface area (Å²) in [5, 5.41) is 3.68. The fraction of sp³-hybridized carbons (Fsp3) is 0.647. The molecule has 0 radical (unpaired) electrons. The summed E-state index contributed by atoms with van der Waals surface area (Å²) in [6.07, 6.45) is 8.13. The largest absolute Gasteiger partial charge is 0.313 e. The molecule has 0 aliphatic heterocycles. The molecule has 1 fully saturated rings. The van der Waals surface area contributed by atoms with Crippen molar-refractivity contribution in [3.8, 4) is 0 Å². The van der Waals surface area contributed by atoms with Gasteiger partial charge in [-0.15, -0.1) is 11.8 Å². The Morgan fingerprint density at radius 3 is 2.60 bits per heavy atom. The lowest BCUT2D eigenvalue weighted by atomic mass is 9.99. The first-order valence-corrected chi connectivity index (χ1v) is 8.88. The van der Waals surface area contributed by atoms with Crippen LogP contribution in [0.1, 0.15) is 45.4 Å². The third-order valence-corrected chi connectivity index (χ3v) is 5.21. The third-order valence-electron chi connectivity index (χ3n) is 4.04. The standard InChI is InChI=1S/C17H26FNS/c1-2-11-19-16(12-14-5-3-4-6-14)13-20-17-9-7-15(18)8-10-17/h7-10,14,16,19H,2-6,11-13H2,1H3. The monoisotopic (exact) mass is 295 g/mol. The summed E-state index contributed by atoms with van der Waals surface area (Å²) >= 11 is 1.84. The molecule has 1 aliphatic carbocycles. The molecule has 0 heterocycles. The summed E-state index contributed by atoms with van der Waals surface area (Å²) < 4.78 is 12.9. The summed E-state index contributed by atoms with van der Waals surface area (Å²) in [4.78, 5) is 1.17. The first-order chi connectivity index (χ1) is 9.78. The van der Waals surface area contributed by atoms with Gasteiger partial charge >= 0.3 is 0 Å². The van der Waals surface area contributed by atoms with E-state index in [1.54, 1.807) is 12.1 Å². The molecule has 1 unspecified atom stereocenters. The average molecular weight is 295 g/mol. The van der Waals surface area contributed by atoms with Gasteiger partial charge < -0.3 is 5.32 Å². The average Bonchev–Trinajstić information content (AvgIpc) is 2.96. The predicted octanol–water partition coefficient (Wildman–Crippen LogP) is 4.87. The highest BCUT2D eigenvalue weighted by atomic mass is 32.2. The molecule has 112 valence electrons. The first-order valence-electron chi connectivity index (χ1n) is 7.89. The Morgan fingerprint density at radius 2 is 1.95 bits per heavy atom. The molecule has 0 bridgehead atoms. The van der Waals surface area contributed by atoms with Crippen LogP contribution in [0.4, 0.5) is 4.39 Å². The van der Waals surface area contributed by atoms with Crippen molar-refractivity contribution in [1.29, 1.82) is 0 Å². The molecule has 1 saturated carbocycles. The van der Waals surface area contributed by atoms with Gasteiger partial charge in [-0.1, -0.05) is 32.6 Å². The summed E-state index contributed by atoms with van der Waals surface area (Å²) in [5.74, 6) is 1.85. The Morgan fingerprint density at radius 1 is 1.25 bits per heavy atom. The van der Waals surface area contributed by atoms with E-state index in [1.807, 2.05) is 23.9 Å². The molecule has 1 aromatic rings. The van der Waals surface area contributed by atoms with Gasteiger partial charge in [0.15, 0.2) is 0 Å². The van der Waals surface area contributed by atoms with Crippen LogP contribution in [-0.4, -0.2) is 18.3 Å². The minimum atomic E-state index is -0.152. The topological polar surface area (TPSA) is 12.0 Å². The molecule has 0 spiro atoms. The molecule has 0 amide bonds. The second-order valence-electron chi connectivity index (χ2n) is 5.80. The molecule has 1 N–H and O–H groups in total. The Balaban J connectivity index is 1.80. The summed E-state index contributed by atoms with van der Waals surface area (Å²) in [6.45, 7) is 3.31. The molecule has 20 heavy (non-hydrogen) atoms. The van der Waals surface area contributed by atoms with E-state index in [2.05, 4.69) is 12.2 Å². The van der Waals surface area contributed by atoms with Crippen molar-refractivity contribution in [2.24, 2.45) is 5.92 Å². The zero-order valence-electron chi connectivity index (χ0n) is 12.4. The molecular weight excluding hydrogens is 269 g/mol. The van der Waals surface area contributed by atoms with Crippen LogP contribution >= 0.6 is 11.8 Å². The highest BCUT2D eigenvalue weighted by molar-refractivity contribution is 7.99. The highest BCUT2D eigenvalue weighted by Gasteiger charge is 2.19. The lowest BCUT2D eigenvalue weighted by Gasteiger charge is -2.21. The molecule has 0 aromatic heterocycles. The second kappa shape index (κ2) is 8.68. The van der Waals surface area contributed by atoms with Crippen molar-refractivity contribution in [2.75, 3.05) is 12.3 Å². The summed E-state index contributed by atoms with van der Waals surface area (Å²) in [5.41, 5.74) is 0. The van der Waals surface area contributed by atoms with Crippen LogP contribution in [0.5, 0.6) is 0 Å². The zero-order valence-corrected chi connectivity index (χ0v) is 13.2. The minimum Gasteiger partial charge on any atom is -0.313 e. The number of hydrogen-bond acceptors (Lipinski definition) is 2. The van der Waals surface area contributed by atoms with Crippen LogP contribution in [-0.2, 0) is 0 Å². The molecule has 1 nitrogen and oxygen atoms in total. The number of thioether (sulfide) groups is 1. The summed E-state index contributed by atoms with van der Waals surface area (Å²) in [7, 11) is 0. The number of nitrogens with one attached hydrogen (secondary N) is 1. The molecule has 2 rings (SSSR count). The maximum atomic E-state index is 12.9. The number of halogens is 1. The highest BCUT2D eigenvalue weighted by Crippen LogP contribution is 2.30. The molecule has 0 saturated heterocycles. The zero-order chi connectivity index (χ0) is 14.2. The first kappa shape index (κ1) is 15.8. The Labute approximate surface area is 126 Å². The van der Waals surface area contributed by atoms with Crippen LogP contribution in [0.15, 0.2) is 29.2 Å². The number of rotatable bonds is 8. The predicted molar refractivity (Wildman–Crippen MR) is 85.8 cm³/mol. The maximum absolute atomic E-state index is 12.9. The lowest BCUT2D eigenvalue weighted by molar-refractivity contribution is 0.410. The van der Waals surface area contributed by atoms with Crippen molar-refractivity contribution in [3.05, 3.63) is 30.1 Å². The Bertz CT molecular complexity index is 373. The van der Waals surface area contributed by atoms with E-state index in [0.29, 0.717) is 6.04 Å².